The third-order valence-corrected chi connectivity index (χ3v) is 5.10. The maximum absolute atomic E-state index is 11.9. The van der Waals surface area contributed by atoms with E-state index in [4.69, 9.17) is 0 Å². The number of aromatic nitrogens is 2. The highest BCUT2D eigenvalue weighted by molar-refractivity contribution is 7.94. The minimum Gasteiger partial charge on any atom is -0.336 e. The number of rotatable bonds is 9. The van der Waals surface area contributed by atoms with E-state index in [2.05, 4.69) is 35.9 Å². The van der Waals surface area contributed by atoms with Crippen LogP contribution in [0, 0.1) is 5.92 Å². The van der Waals surface area contributed by atoms with Gasteiger partial charge in [0.05, 0.1) is 12.3 Å². The number of nitrogens with one attached hydrogen (secondary N) is 1. The molecule has 1 aromatic rings. The Balaban J connectivity index is 2.47. The molecular formula is C14H22N4O4S2. The first-order chi connectivity index (χ1) is 11.1. The lowest BCUT2D eigenvalue weighted by molar-refractivity contribution is -0.132. The van der Waals surface area contributed by atoms with Crippen molar-refractivity contribution in [2.45, 2.75) is 26.7 Å². The SMILES string of the molecule is C=CS(=O)(=O)CCC(=O)N(C)CC(=O)Nc1nnc(CC(C)C)s1. The Hall–Kier alpha value is -1.81. The zero-order valence-corrected chi connectivity index (χ0v) is 15.6. The second kappa shape index (κ2) is 8.88. The number of likely N-dealkylation sites (N-methyl/N-ethyl adjacent to an activating group) is 1. The van der Waals surface area contributed by atoms with Gasteiger partial charge in [-0.05, 0) is 5.92 Å². The van der Waals surface area contributed by atoms with Gasteiger partial charge in [-0.3, -0.25) is 14.9 Å². The van der Waals surface area contributed by atoms with Gasteiger partial charge in [-0.2, -0.15) is 0 Å². The van der Waals surface area contributed by atoms with Gasteiger partial charge in [-0.1, -0.05) is 31.8 Å². The van der Waals surface area contributed by atoms with Crippen LogP contribution >= 0.6 is 11.3 Å². The molecule has 1 aromatic heterocycles. The molecule has 1 rings (SSSR count). The summed E-state index contributed by atoms with van der Waals surface area (Å²) in [5.41, 5.74) is 0. The topological polar surface area (TPSA) is 109 Å². The molecule has 2 amide bonds. The number of hydrogen-bond donors (Lipinski definition) is 1. The first-order valence-electron chi connectivity index (χ1n) is 7.34. The second-order valence-electron chi connectivity index (χ2n) is 5.68. The smallest absolute Gasteiger partial charge is 0.245 e. The quantitative estimate of drug-likeness (QED) is 0.693. The maximum Gasteiger partial charge on any atom is 0.245 e. The molecule has 24 heavy (non-hydrogen) atoms. The van der Waals surface area contributed by atoms with Crippen LogP contribution in [0.5, 0.6) is 0 Å². The average Bonchev–Trinajstić information content (AvgIpc) is 2.90. The van der Waals surface area contributed by atoms with Crippen LogP contribution in [0.4, 0.5) is 5.13 Å². The number of hydrogen-bond acceptors (Lipinski definition) is 7. The highest BCUT2D eigenvalue weighted by Gasteiger charge is 2.17. The molecule has 0 saturated carbocycles. The molecule has 0 aromatic carbocycles. The number of carbonyl (C=O) groups excluding carboxylic acids is 2. The summed E-state index contributed by atoms with van der Waals surface area (Å²) in [7, 11) is -2.00. The van der Waals surface area contributed by atoms with Gasteiger partial charge in [-0.15, -0.1) is 10.2 Å². The second-order valence-corrected chi connectivity index (χ2v) is 8.81. The van der Waals surface area contributed by atoms with E-state index in [1.807, 2.05) is 0 Å². The summed E-state index contributed by atoms with van der Waals surface area (Å²) in [4.78, 5) is 24.9. The molecule has 0 aliphatic rings. The highest BCUT2D eigenvalue weighted by atomic mass is 32.2. The summed E-state index contributed by atoms with van der Waals surface area (Å²) in [6.07, 6.45) is 0.583. The highest BCUT2D eigenvalue weighted by Crippen LogP contribution is 2.18. The van der Waals surface area contributed by atoms with Crippen LogP contribution in [0.25, 0.3) is 0 Å². The van der Waals surface area contributed by atoms with Gasteiger partial charge in [0.25, 0.3) is 0 Å². The van der Waals surface area contributed by atoms with E-state index in [0.717, 1.165) is 16.8 Å². The molecule has 0 saturated heterocycles. The Labute approximate surface area is 145 Å². The molecule has 0 spiro atoms. The Morgan fingerprint density at radius 1 is 1.38 bits per heavy atom. The van der Waals surface area contributed by atoms with E-state index >= 15 is 0 Å². The molecule has 10 heteroatoms. The van der Waals surface area contributed by atoms with Crippen molar-refractivity contribution in [3.63, 3.8) is 0 Å². The molecule has 0 aliphatic carbocycles. The van der Waals surface area contributed by atoms with Crippen LogP contribution < -0.4 is 5.32 Å². The molecule has 8 nitrogen and oxygen atoms in total. The van der Waals surface area contributed by atoms with Gasteiger partial charge < -0.3 is 4.90 Å². The van der Waals surface area contributed by atoms with E-state index in [-0.39, 0.29) is 18.7 Å². The lowest BCUT2D eigenvalue weighted by atomic mass is 10.1. The van der Waals surface area contributed by atoms with E-state index < -0.39 is 21.7 Å². The van der Waals surface area contributed by atoms with Crippen LogP contribution in [0.15, 0.2) is 12.0 Å². The van der Waals surface area contributed by atoms with E-state index in [9.17, 15) is 18.0 Å². The Morgan fingerprint density at radius 2 is 2.04 bits per heavy atom. The van der Waals surface area contributed by atoms with Gasteiger partial charge in [0.2, 0.25) is 16.9 Å². The summed E-state index contributed by atoms with van der Waals surface area (Å²) in [5.74, 6) is -0.730. The number of carbonyl (C=O) groups is 2. The van der Waals surface area contributed by atoms with Crippen LogP contribution in [0.1, 0.15) is 25.3 Å². The summed E-state index contributed by atoms with van der Waals surface area (Å²) < 4.78 is 22.6. The Kier molecular flexibility index (Phi) is 7.49. The third-order valence-electron chi connectivity index (χ3n) is 2.96. The van der Waals surface area contributed by atoms with Crippen LogP contribution in [-0.4, -0.2) is 54.7 Å². The van der Waals surface area contributed by atoms with Gasteiger partial charge in [0.1, 0.15) is 5.01 Å². The molecular weight excluding hydrogens is 352 g/mol. The molecule has 0 fully saturated rings. The molecule has 0 bridgehead atoms. The fourth-order valence-corrected chi connectivity index (χ4v) is 3.30. The van der Waals surface area contributed by atoms with Crippen molar-refractivity contribution in [3.05, 3.63) is 17.0 Å². The lowest BCUT2D eigenvalue weighted by Crippen LogP contribution is -2.35. The van der Waals surface area contributed by atoms with E-state index in [1.54, 1.807) is 0 Å². The maximum atomic E-state index is 11.9. The third kappa shape index (κ3) is 7.18. The largest absolute Gasteiger partial charge is 0.336 e. The molecule has 0 atom stereocenters. The zero-order valence-electron chi connectivity index (χ0n) is 14.0. The lowest BCUT2D eigenvalue weighted by Gasteiger charge is -2.15. The van der Waals surface area contributed by atoms with Crippen LogP contribution in [0.2, 0.25) is 0 Å². The summed E-state index contributed by atoms with van der Waals surface area (Å²) in [6.45, 7) is 7.12. The predicted octanol–water partition coefficient (Wildman–Crippen LogP) is 1.08. The molecule has 0 aliphatic heterocycles. The summed E-state index contributed by atoms with van der Waals surface area (Å²) in [5, 5.41) is 12.5. The number of anilines is 1. The van der Waals surface area contributed by atoms with Crippen molar-refractivity contribution >= 4 is 38.1 Å². The minimum absolute atomic E-state index is 0.188. The van der Waals surface area contributed by atoms with Crippen molar-refractivity contribution in [3.8, 4) is 0 Å². The average molecular weight is 374 g/mol. The number of sulfone groups is 1. The number of nitrogens with zero attached hydrogens (tertiary/aromatic N) is 3. The van der Waals surface area contributed by atoms with Crippen LogP contribution in [0.3, 0.4) is 0 Å². The van der Waals surface area contributed by atoms with Gasteiger partial charge >= 0.3 is 0 Å². The Morgan fingerprint density at radius 3 is 2.62 bits per heavy atom. The molecule has 1 heterocycles. The molecule has 134 valence electrons. The van der Waals surface area contributed by atoms with Gasteiger partial charge in [0.15, 0.2) is 9.84 Å². The zero-order chi connectivity index (χ0) is 18.3. The molecule has 0 unspecified atom stereocenters. The first kappa shape index (κ1) is 20.2. The van der Waals surface area contributed by atoms with Crippen molar-refractivity contribution in [2.24, 2.45) is 5.92 Å². The molecule has 0 radical (unpaired) electrons. The van der Waals surface area contributed by atoms with Crippen LogP contribution in [-0.2, 0) is 25.8 Å². The Bertz CT molecular complexity index is 697. The van der Waals surface area contributed by atoms with Crippen molar-refractivity contribution in [1.82, 2.24) is 15.1 Å². The normalized spacial score (nSPS) is 11.3. The number of amides is 2. The van der Waals surface area contributed by atoms with Crippen molar-refractivity contribution in [2.75, 3.05) is 24.7 Å². The van der Waals surface area contributed by atoms with Crippen molar-refractivity contribution in [1.29, 1.82) is 0 Å². The predicted molar refractivity (Wildman–Crippen MR) is 93.3 cm³/mol. The first-order valence-corrected chi connectivity index (χ1v) is 9.87. The molecule has 1 N–H and O–H groups in total. The monoisotopic (exact) mass is 374 g/mol. The van der Waals surface area contributed by atoms with Gasteiger partial charge in [-0.25, -0.2) is 8.42 Å². The van der Waals surface area contributed by atoms with E-state index in [0.29, 0.717) is 11.0 Å². The standard InChI is InChI=1S/C14H22N4O4S2/c1-5-24(21,22)7-6-13(20)18(4)9-11(19)15-14-17-16-12(23-14)8-10(2)3/h5,10H,1,6-9H2,2-4H3,(H,15,17,19). The fourth-order valence-electron chi connectivity index (χ4n) is 1.70. The van der Waals surface area contributed by atoms with Gasteiger partial charge in [0, 0.05) is 25.3 Å². The fraction of sp³-hybridized carbons (Fsp3) is 0.571. The summed E-state index contributed by atoms with van der Waals surface area (Å²) >= 11 is 1.29. The summed E-state index contributed by atoms with van der Waals surface area (Å²) in [6, 6.07) is 0. The minimum atomic E-state index is -3.43. The van der Waals surface area contributed by atoms with E-state index in [1.165, 1.54) is 23.3 Å². The van der Waals surface area contributed by atoms with Crippen molar-refractivity contribution < 1.29 is 18.0 Å².